The average Bonchev–Trinajstić information content (AvgIpc) is 3.38. The summed E-state index contributed by atoms with van der Waals surface area (Å²) in [6, 6.07) is 0. The molecule has 0 aliphatic carbocycles. The molecule has 0 aromatic rings. The number of carbonyl (C=O) groups is 6. The number of carboxylic acid groups (broad SMARTS) is 4. The maximum Gasteiger partial charge on any atom is 0.317 e. The summed E-state index contributed by atoms with van der Waals surface area (Å²) >= 11 is 0. The van der Waals surface area contributed by atoms with Gasteiger partial charge in [-0.05, 0) is 19.3 Å². The summed E-state index contributed by atoms with van der Waals surface area (Å²) in [6.45, 7) is -1.82. The topological polar surface area (TPSA) is 217 Å². The fourth-order valence-electron chi connectivity index (χ4n) is 4.00. The van der Waals surface area contributed by atoms with Crippen LogP contribution in [0.15, 0.2) is 0 Å². The van der Waals surface area contributed by atoms with Crippen LogP contribution in [0.4, 0.5) is 0 Å². The molecule has 0 radical (unpaired) electrons. The molecule has 234 valence electrons. The van der Waals surface area contributed by atoms with Gasteiger partial charge in [0.05, 0.1) is 32.7 Å². The molecular formula is C24H41N5O10S2. The van der Waals surface area contributed by atoms with Crippen molar-refractivity contribution in [3.63, 3.8) is 0 Å². The zero-order valence-electron chi connectivity index (χ0n) is 23.0. The molecule has 0 aromatic carbocycles. The number of hydrogen-bond donors (Lipinski definition) is 6. The molecule has 1 heterocycles. The molecule has 0 spiro atoms. The fourth-order valence-corrected chi connectivity index (χ4v) is 7.03. The molecule has 0 aromatic heterocycles. The van der Waals surface area contributed by atoms with Crippen molar-refractivity contribution in [2.75, 3.05) is 77.7 Å². The van der Waals surface area contributed by atoms with E-state index in [0.29, 0.717) is 11.7 Å². The lowest BCUT2D eigenvalue weighted by atomic mass is 10.1. The molecule has 2 amide bonds. The highest BCUT2D eigenvalue weighted by Crippen LogP contribution is 2.39. The van der Waals surface area contributed by atoms with Crippen LogP contribution in [0.3, 0.4) is 0 Å². The van der Waals surface area contributed by atoms with Crippen molar-refractivity contribution in [1.82, 2.24) is 25.3 Å². The molecule has 17 heteroatoms. The second-order valence-corrected chi connectivity index (χ2v) is 12.3. The first-order valence-electron chi connectivity index (χ1n) is 13.3. The Bertz CT molecular complexity index is 804. The number of hydrogen-bond acceptors (Lipinski definition) is 11. The third-order valence-electron chi connectivity index (χ3n) is 5.94. The Kier molecular flexibility index (Phi) is 18.8. The van der Waals surface area contributed by atoms with E-state index in [-0.39, 0.29) is 51.7 Å². The van der Waals surface area contributed by atoms with Gasteiger partial charge in [-0.2, -0.15) is 0 Å². The van der Waals surface area contributed by atoms with Crippen molar-refractivity contribution in [3.05, 3.63) is 0 Å². The van der Waals surface area contributed by atoms with Gasteiger partial charge in [-0.1, -0.05) is 28.0 Å². The zero-order chi connectivity index (χ0) is 30.6. The van der Waals surface area contributed by atoms with Crippen molar-refractivity contribution in [1.29, 1.82) is 0 Å². The quantitative estimate of drug-likeness (QED) is 0.0572. The van der Waals surface area contributed by atoms with Crippen molar-refractivity contribution >= 4 is 57.3 Å². The Morgan fingerprint density at radius 2 is 1.10 bits per heavy atom. The molecule has 1 fully saturated rings. The number of rotatable bonds is 24. The van der Waals surface area contributed by atoms with Crippen molar-refractivity contribution in [3.8, 4) is 0 Å². The lowest BCUT2D eigenvalue weighted by Crippen LogP contribution is -2.47. The number of amides is 2. The first-order valence-corrected chi connectivity index (χ1v) is 15.7. The van der Waals surface area contributed by atoms with Crippen LogP contribution in [0.1, 0.15) is 32.1 Å². The number of carbonyl (C=O) groups excluding carboxylic acids is 2. The van der Waals surface area contributed by atoms with Crippen LogP contribution >= 0.6 is 21.6 Å². The predicted octanol–water partition coefficient (Wildman–Crippen LogP) is -0.823. The van der Waals surface area contributed by atoms with Crippen LogP contribution < -0.4 is 10.6 Å². The van der Waals surface area contributed by atoms with Gasteiger partial charge in [-0.3, -0.25) is 43.5 Å². The average molecular weight is 624 g/mol. The SMILES string of the molecule is O=C(O)CN(CCN(CCN(CC(=O)O)CC(=O)O)CC(=O)NCCNC(=O)CCCCC1CCSS1)CC(=O)O. The summed E-state index contributed by atoms with van der Waals surface area (Å²) in [5, 5.41) is 42.3. The van der Waals surface area contributed by atoms with E-state index in [2.05, 4.69) is 10.6 Å². The second-order valence-electron chi connectivity index (χ2n) is 9.55. The van der Waals surface area contributed by atoms with Crippen LogP contribution in [0.2, 0.25) is 0 Å². The summed E-state index contributed by atoms with van der Waals surface area (Å²) < 4.78 is 0. The summed E-state index contributed by atoms with van der Waals surface area (Å²) in [5.41, 5.74) is 0. The van der Waals surface area contributed by atoms with E-state index in [0.717, 1.165) is 19.3 Å². The van der Waals surface area contributed by atoms with Gasteiger partial charge < -0.3 is 31.1 Å². The molecule has 1 unspecified atom stereocenters. The van der Waals surface area contributed by atoms with Crippen molar-refractivity contribution in [2.45, 2.75) is 37.4 Å². The minimum atomic E-state index is -1.22. The Morgan fingerprint density at radius 1 is 0.634 bits per heavy atom. The number of nitrogens with one attached hydrogen (secondary N) is 2. The first-order chi connectivity index (χ1) is 19.4. The van der Waals surface area contributed by atoms with Crippen LogP contribution in [-0.2, 0) is 28.8 Å². The van der Waals surface area contributed by atoms with Crippen LogP contribution in [0.5, 0.6) is 0 Å². The predicted molar refractivity (Wildman–Crippen MR) is 153 cm³/mol. The Labute approximate surface area is 246 Å². The number of nitrogens with zero attached hydrogens (tertiary/aromatic N) is 3. The van der Waals surface area contributed by atoms with Gasteiger partial charge in [0.25, 0.3) is 0 Å². The molecule has 6 N–H and O–H groups in total. The minimum absolute atomic E-state index is 0.0158. The Morgan fingerprint density at radius 3 is 1.54 bits per heavy atom. The highest BCUT2D eigenvalue weighted by molar-refractivity contribution is 8.77. The highest BCUT2D eigenvalue weighted by atomic mass is 33.1. The van der Waals surface area contributed by atoms with Gasteiger partial charge in [-0.15, -0.1) is 0 Å². The van der Waals surface area contributed by atoms with Gasteiger partial charge in [-0.25, -0.2) is 0 Å². The molecule has 1 atom stereocenters. The summed E-state index contributed by atoms with van der Waals surface area (Å²) in [4.78, 5) is 72.9. The maximum atomic E-state index is 12.6. The molecule has 15 nitrogen and oxygen atoms in total. The number of aliphatic carboxylic acids is 4. The van der Waals surface area contributed by atoms with Crippen LogP contribution in [-0.4, -0.2) is 154 Å². The zero-order valence-corrected chi connectivity index (χ0v) is 24.6. The Balaban J connectivity index is 2.54. The van der Waals surface area contributed by atoms with E-state index in [4.69, 9.17) is 20.4 Å². The molecule has 1 aliphatic rings. The second kappa shape index (κ2) is 21.2. The fraction of sp³-hybridized carbons (Fsp3) is 0.750. The molecule has 1 aliphatic heterocycles. The maximum absolute atomic E-state index is 12.6. The van der Waals surface area contributed by atoms with E-state index >= 15 is 0 Å². The lowest BCUT2D eigenvalue weighted by molar-refractivity contribution is -0.143. The molecule has 0 saturated carbocycles. The van der Waals surface area contributed by atoms with Gasteiger partial charge in [0.15, 0.2) is 0 Å². The van der Waals surface area contributed by atoms with Gasteiger partial charge in [0.2, 0.25) is 11.8 Å². The molecular weight excluding hydrogens is 582 g/mol. The number of unbranched alkanes of at least 4 members (excludes halogenated alkanes) is 1. The van der Waals surface area contributed by atoms with E-state index in [1.165, 1.54) is 22.0 Å². The van der Waals surface area contributed by atoms with Gasteiger partial charge in [0, 0.05) is 56.7 Å². The van der Waals surface area contributed by atoms with E-state index in [1.54, 1.807) is 4.90 Å². The summed E-state index contributed by atoms with van der Waals surface area (Å²) in [5.74, 6) is -4.23. The first kappa shape index (κ1) is 36.4. The standard InChI is InChI=1S/C24H41N5O10S2/c30-19(4-2-1-3-18-5-12-40-41-18)25-6-7-26-20(31)13-27(8-10-28(14-21(32)33)15-22(34)35)9-11-29(16-23(36)37)17-24(38)39/h18H,1-17H2,(H,25,30)(H,26,31)(H,32,33)(H,34,35)(H,36,37)(H,38,39). The molecule has 0 bridgehead atoms. The largest absolute Gasteiger partial charge is 0.480 e. The van der Waals surface area contributed by atoms with Gasteiger partial charge in [0.1, 0.15) is 0 Å². The third kappa shape index (κ3) is 20.0. The van der Waals surface area contributed by atoms with Crippen molar-refractivity contribution < 1.29 is 49.2 Å². The third-order valence-corrected chi connectivity index (χ3v) is 8.95. The van der Waals surface area contributed by atoms with Crippen molar-refractivity contribution in [2.24, 2.45) is 0 Å². The summed E-state index contributed by atoms with van der Waals surface area (Å²) in [7, 11) is 3.81. The van der Waals surface area contributed by atoms with E-state index < -0.39 is 56.0 Å². The lowest BCUT2D eigenvalue weighted by Gasteiger charge is -2.28. The molecule has 1 saturated heterocycles. The monoisotopic (exact) mass is 623 g/mol. The van der Waals surface area contributed by atoms with Crippen LogP contribution in [0.25, 0.3) is 0 Å². The van der Waals surface area contributed by atoms with Crippen LogP contribution in [0, 0.1) is 0 Å². The van der Waals surface area contributed by atoms with Gasteiger partial charge >= 0.3 is 23.9 Å². The number of carboxylic acids is 4. The van der Waals surface area contributed by atoms with E-state index in [1.807, 2.05) is 21.6 Å². The Hall–Kier alpha value is -2.60. The molecule has 1 rings (SSSR count). The molecule has 41 heavy (non-hydrogen) atoms. The normalized spacial score (nSPS) is 14.9. The smallest absolute Gasteiger partial charge is 0.317 e. The highest BCUT2D eigenvalue weighted by Gasteiger charge is 2.20. The summed E-state index contributed by atoms with van der Waals surface area (Å²) in [6.07, 6.45) is 4.52. The minimum Gasteiger partial charge on any atom is -0.480 e. The van der Waals surface area contributed by atoms with E-state index in [9.17, 15) is 28.8 Å².